The first-order valence-corrected chi connectivity index (χ1v) is 6.11. The topological polar surface area (TPSA) is 20.2 Å². The van der Waals surface area contributed by atoms with Gasteiger partial charge in [-0.3, -0.25) is 0 Å². The molecule has 100 valence electrons. The lowest BCUT2D eigenvalue weighted by Crippen LogP contribution is -2.20. The summed E-state index contributed by atoms with van der Waals surface area (Å²) in [6, 6.07) is 5.52. The van der Waals surface area contributed by atoms with E-state index in [0.717, 1.165) is 12.5 Å². The quantitative estimate of drug-likeness (QED) is 0.878. The van der Waals surface area contributed by atoms with Crippen LogP contribution in [-0.2, 0) is 11.6 Å². The SMILES string of the molecule is CC(C)C1(c2cccc(C(F)(F)F)c2)CC1CO. The van der Waals surface area contributed by atoms with E-state index >= 15 is 0 Å². The zero-order chi connectivity index (χ0) is 13.6. The van der Waals surface area contributed by atoms with Gasteiger partial charge in [-0.1, -0.05) is 32.0 Å². The minimum Gasteiger partial charge on any atom is -0.396 e. The summed E-state index contributed by atoms with van der Waals surface area (Å²) in [5.41, 5.74) is -0.189. The number of aliphatic hydroxyl groups is 1. The van der Waals surface area contributed by atoms with Gasteiger partial charge in [-0.25, -0.2) is 0 Å². The molecule has 0 bridgehead atoms. The average Bonchev–Trinajstić information content (AvgIpc) is 3.04. The van der Waals surface area contributed by atoms with Gasteiger partial charge in [0.05, 0.1) is 5.56 Å². The van der Waals surface area contributed by atoms with Crippen LogP contribution in [0, 0.1) is 11.8 Å². The van der Waals surface area contributed by atoms with Gasteiger partial charge in [-0.15, -0.1) is 0 Å². The van der Waals surface area contributed by atoms with Crippen molar-refractivity contribution in [2.45, 2.75) is 31.9 Å². The van der Waals surface area contributed by atoms with Crippen molar-refractivity contribution in [3.8, 4) is 0 Å². The molecule has 1 N–H and O–H groups in total. The average molecular weight is 258 g/mol. The molecule has 0 heterocycles. The maximum Gasteiger partial charge on any atom is 0.416 e. The van der Waals surface area contributed by atoms with Crippen LogP contribution in [-0.4, -0.2) is 11.7 Å². The van der Waals surface area contributed by atoms with Crippen molar-refractivity contribution >= 4 is 0 Å². The predicted molar refractivity (Wildman–Crippen MR) is 63.2 cm³/mol. The highest BCUT2D eigenvalue weighted by molar-refractivity contribution is 5.38. The molecule has 0 amide bonds. The van der Waals surface area contributed by atoms with E-state index in [4.69, 9.17) is 0 Å². The van der Waals surface area contributed by atoms with Crippen molar-refractivity contribution in [2.24, 2.45) is 11.8 Å². The maximum atomic E-state index is 12.7. The molecule has 1 fully saturated rings. The number of benzene rings is 1. The number of aliphatic hydroxyl groups excluding tert-OH is 1. The van der Waals surface area contributed by atoms with Crippen molar-refractivity contribution < 1.29 is 18.3 Å². The summed E-state index contributed by atoms with van der Waals surface area (Å²) in [5.74, 6) is 0.305. The van der Waals surface area contributed by atoms with Crippen molar-refractivity contribution in [1.29, 1.82) is 0 Å². The number of alkyl halides is 3. The molecule has 2 atom stereocenters. The molecule has 1 aromatic carbocycles. The van der Waals surface area contributed by atoms with Gasteiger partial charge in [0.2, 0.25) is 0 Å². The molecule has 1 aromatic rings. The molecular weight excluding hydrogens is 241 g/mol. The van der Waals surface area contributed by atoms with Gasteiger partial charge in [-0.2, -0.15) is 13.2 Å². The fraction of sp³-hybridized carbons (Fsp3) is 0.571. The first-order chi connectivity index (χ1) is 8.32. The van der Waals surface area contributed by atoms with Crippen LogP contribution >= 0.6 is 0 Å². The van der Waals surface area contributed by atoms with Crippen LogP contribution in [0.4, 0.5) is 13.2 Å². The van der Waals surface area contributed by atoms with Crippen LogP contribution in [0.3, 0.4) is 0 Å². The minimum atomic E-state index is -4.31. The Morgan fingerprint density at radius 3 is 2.50 bits per heavy atom. The molecule has 0 radical (unpaired) electrons. The highest BCUT2D eigenvalue weighted by Crippen LogP contribution is 2.59. The molecular formula is C14H17F3O. The van der Waals surface area contributed by atoms with Crippen LogP contribution < -0.4 is 0 Å². The van der Waals surface area contributed by atoms with E-state index in [9.17, 15) is 18.3 Å². The summed E-state index contributed by atoms with van der Waals surface area (Å²) in [6.45, 7) is 4.03. The number of hydrogen-bond donors (Lipinski definition) is 1. The lowest BCUT2D eigenvalue weighted by Gasteiger charge is -2.23. The molecule has 1 nitrogen and oxygen atoms in total. The van der Waals surface area contributed by atoms with E-state index < -0.39 is 11.7 Å². The number of halogens is 3. The Bertz CT molecular complexity index is 439. The molecule has 2 unspecified atom stereocenters. The third-order valence-electron chi connectivity index (χ3n) is 4.13. The second kappa shape index (κ2) is 4.26. The number of hydrogen-bond acceptors (Lipinski definition) is 1. The zero-order valence-corrected chi connectivity index (χ0v) is 10.5. The highest BCUT2D eigenvalue weighted by atomic mass is 19.4. The summed E-state index contributed by atoms with van der Waals surface area (Å²) in [5, 5.41) is 9.26. The first kappa shape index (κ1) is 13.4. The molecule has 4 heteroatoms. The van der Waals surface area contributed by atoms with Gasteiger partial charge < -0.3 is 5.11 Å². The molecule has 1 aliphatic carbocycles. The second-order valence-corrected chi connectivity index (χ2v) is 5.36. The minimum absolute atomic E-state index is 0.0361. The smallest absolute Gasteiger partial charge is 0.396 e. The van der Waals surface area contributed by atoms with Gasteiger partial charge in [0, 0.05) is 12.0 Å². The Labute approximate surface area is 105 Å². The van der Waals surface area contributed by atoms with E-state index in [1.54, 1.807) is 6.07 Å². The summed E-state index contributed by atoms with van der Waals surface area (Å²) in [6.07, 6.45) is -3.54. The summed E-state index contributed by atoms with van der Waals surface area (Å²) < 4.78 is 38.1. The van der Waals surface area contributed by atoms with E-state index in [0.29, 0.717) is 5.56 Å². The molecule has 18 heavy (non-hydrogen) atoms. The highest BCUT2D eigenvalue weighted by Gasteiger charge is 2.56. The van der Waals surface area contributed by atoms with E-state index in [2.05, 4.69) is 0 Å². The van der Waals surface area contributed by atoms with Crippen molar-refractivity contribution in [1.82, 2.24) is 0 Å². The molecule has 0 saturated heterocycles. The molecule has 0 aromatic heterocycles. The van der Waals surface area contributed by atoms with Gasteiger partial charge in [-0.05, 0) is 29.9 Å². The molecule has 1 aliphatic rings. The lowest BCUT2D eigenvalue weighted by molar-refractivity contribution is -0.137. The van der Waals surface area contributed by atoms with Gasteiger partial charge >= 0.3 is 6.18 Å². The van der Waals surface area contributed by atoms with Crippen LogP contribution in [0.5, 0.6) is 0 Å². The molecule has 1 saturated carbocycles. The van der Waals surface area contributed by atoms with Gasteiger partial charge in [0.15, 0.2) is 0 Å². The van der Waals surface area contributed by atoms with Gasteiger partial charge in [0.25, 0.3) is 0 Å². The second-order valence-electron chi connectivity index (χ2n) is 5.36. The predicted octanol–water partition coefficient (Wildman–Crippen LogP) is 3.61. The monoisotopic (exact) mass is 258 g/mol. The van der Waals surface area contributed by atoms with Crippen molar-refractivity contribution in [3.63, 3.8) is 0 Å². The third kappa shape index (κ3) is 2.03. The Morgan fingerprint density at radius 1 is 1.39 bits per heavy atom. The normalized spacial score (nSPS) is 27.6. The lowest BCUT2D eigenvalue weighted by atomic mass is 9.82. The van der Waals surface area contributed by atoms with Crippen LogP contribution in [0.2, 0.25) is 0 Å². The summed E-state index contributed by atoms with van der Waals surface area (Å²) in [4.78, 5) is 0. The van der Waals surface area contributed by atoms with Crippen molar-refractivity contribution in [3.05, 3.63) is 35.4 Å². The fourth-order valence-electron chi connectivity index (χ4n) is 2.96. The van der Waals surface area contributed by atoms with Crippen LogP contribution in [0.1, 0.15) is 31.4 Å². The van der Waals surface area contributed by atoms with Gasteiger partial charge in [0.1, 0.15) is 0 Å². The van der Waals surface area contributed by atoms with Crippen molar-refractivity contribution in [2.75, 3.05) is 6.61 Å². The summed E-state index contributed by atoms with van der Waals surface area (Å²) >= 11 is 0. The first-order valence-electron chi connectivity index (χ1n) is 6.11. The standard InChI is InChI=1S/C14H17F3O/c1-9(2)13(7-12(13)8-18)10-4-3-5-11(6-10)14(15,16)17/h3-6,9,12,18H,7-8H2,1-2H3. The van der Waals surface area contributed by atoms with Crippen LogP contribution in [0.15, 0.2) is 24.3 Å². The third-order valence-corrected chi connectivity index (χ3v) is 4.13. The van der Waals surface area contributed by atoms with Crippen LogP contribution in [0.25, 0.3) is 0 Å². The number of rotatable bonds is 3. The van der Waals surface area contributed by atoms with E-state index in [1.807, 2.05) is 13.8 Å². The Hall–Kier alpha value is -1.03. The molecule has 0 aliphatic heterocycles. The Morgan fingerprint density at radius 2 is 2.06 bits per heavy atom. The van der Waals surface area contributed by atoms with E-state index in [-0.39, 0.29) is 23.9 Å². The summed E-state index contributed by atoms with van der Waals surface area (Å²) in [7, 11) is 0. The largest absolute Gasteiger partial charge is 0.416 e. The molecule has 2 rings (SSSR count). The zero-order valence-electron chi connectivity index (χ0n) is 10.5. The Kier molecular flexibility index (Phi) is 3.18. The van der Waals surface area contributed by atoms with E-state index in [1.165, 1.54) is 12.1 Å². The fourth-order valence-corrected chi connectivity index (χ4v) is 2.96. The molecule has 0 spiro atoms. The Balaban J connectivity index is 2.40. The maximum absolute atomic E-state index is 12.7.